The van der Waals surface area contributed by atoms with Crippen LogP contribution in [0.2, 0.25) is 0 Å². The predicted molar refractivity (Wildman–Crippen MR) is 76.7 cm³/mol. The van der Waals surface area contributed by atoms with Crippen molar-refractivity contribution < 1.29 is 4.79 Å². The third-order valence-corrected chi connectivity index (χ3v) is 3.00. The molecule has 0 aliphatic carbocycles. The summed E-state index contributed by atoms with van der Waals surface area (Å²) in [5, 5.41) is 9.36. The van der Waals surface area contributed by atoms with Crippen LogP contribution in [0.25, 0.3) is 10.9 Å². The van der Waals surface area contributed by atoms with Gasteiger partial charge in [-0.05, 0) is 12.1 Å². The molecular formula is C14H15N5O. The first-order chi connectivity index (χ1) is 9.67. The van der Waals surface area contributed by atoms with E-state index in [1.54, 1.807) is 13.1 Å². The molecule has 2 rings (SSSR count). The number of fused-ring (bicyclic) bond motifs is 1. The van der Waals surface area contributed by atoms with Crippen molar-refractivity contribution in [2.24, 2.45) is 5.84 Å². The van der Waals surface area contributed by atoms with Crippen LogP contribution < -0.4 is 11.3 Å². The molecule has 0 aliphatic heterocycles. The Morgan fingerprint density at radius 2 is 2.25 bits per heavy atom. The zero-order chi connectivity index (χ0) is 14.5. The maximum Gasteiger partial charge on any atom is 0.254 e. The summed E-state index contributed by atoms with van der Waals surface area (Å²) >= 11 is 0. The van der Waals surface area contributed by atoms with Crippen LogP contribution >= 0.6 is 0 Å². The molecule has 0 unspecified atom stereocenters. The van der Waals surface area contributed by atoms with E-state index in [2.05, 4.69) is 10.4 Å². The van der Waals surface area contributed by atoms with Gasteiger partial charge in [0.05, 0.1) is 23.6 Å². The van der Waals surface area contributed by atoms with Gasteiger partial charge >= 0.3 is 0 Å². The molecule has 2 aromatic rings. The number of aromatic nitrogens is 1. The molecule has 0 fully saturated rings. The van der Waals surface area contributed by atoms with E-state index in [4.69, 9.17) is 11.1 Å². The van der Waals surface area contributed by atoms with Gasteiger partial charge in [0.1, 0.15) is 5.82 Å². The lowest BCUT2D eigenvalue weighted by atomic mass is 10.1. The Bertz CT molecular complexity index is 677. The Kier molecular flexibility index (Phi) is 4.13. The zero-order valence-electron chi connectivity index (χ0n) is 11.1. The number of carbonyl (C=O) groups is 1. The molecule has 1 aromatic heterocycles. The summed E-state index contributed by atoms with van der Waals surface area (Å²) in [6, 6.07) is 11.0. The molecule has 6 nitrogen and oxygen atoms in total. The average molecular weight is 269 g/mol. The highest BCUT2D eigenvalue weighted by atomic mass is 16.2. The monoisotopic (exact) mass is 269 g/mol. The number of anilines is 1. The highest BCUT2D eigenvalue weighted by molar-refractivity contribution is 6.06. The normalized spacial score (nSPS) is 10.1. The van der Waals surface area contributed by atoms with E-state index >= 15 is 0 Å². The average Bonchev–Trinajstić information content (AvgIpc) is 2.50. The second-order valence-electron chi connectivity index (χ2n) is 4.35. The Hall–Kier alpha value is -2.65. The molecule has 6 heteroatoms. The standard InChI is InChI=1S/C14H15N5O/c1-19(8-4-7-15)14(20)11-9-13(18-16)17-12-6-3-2-5-10(11)12/h2-3,5-6,9H,4,8,16H2,1H3,(H,17,18). The molecule has 20 heavy (non-hydrogen) atoms. The number of rotatable bonds is 4. The summed E-state index contributed by atoms with van der Waals surface area (Å²) in [7, 11) is 1.67. The van der Waals surface area contributed by atoms with Crippen LogP contribution in [0.5, 0.6) is 0 Å². The molecule has 1 heterocycles. The van der Waals surface area contributed by atoms with Gasteiger partial charge in [-0.3, -0.25) is 4.79 Å². The van der Waals surface area contributed by atoms with Crippen molar-refractivity contribution in [2.75, 3.05) is 19.0 Å². The van der Waals surface area contributed by atoms with Crippen LogP contribution in [0.4, 0.5) is 5.82 Å². The predicted octanol–water partition coefficient (Wildman–Crippen LogP) is 1.51. The molecule has 3 N–H and O–H groups in total. The molecule has 0 spiro atoms. The van der Waals surface area contributed by atoms with Crippen LogP contribution in [-0.2, 0) is 0 Å². The van der Waals surface area contributed by atoms with Gasteiger partial charge in [0.15, 0.2) is 0 Å². The minimum atomic E-state index is -0.157. The summed E-state index contributed by atoms with van der Waals surface area (Å²) in [4.78, 5) is 18.3. The quantitative estimate of drug-likeness (QED) is 0.648. The molecule has 102 valence electrons. The maximum absolute atomic E-state index is 12.5. The van der Waals surface area contributed by atoms with Gasteiger partial charge in [-0.2, -0.15) is 5.26 Å². The van der Waals surface area contributed by atoms with Gasteiger partial charge in [0, 0.05) is 19.0 Å². The smallest absolute Gasteiger partial charge is 0.254 e. The second kappa shape index (κ2) is 5.99. The lowest BCUT2D eigenvalue weighted by Gasteiger charge is -2.17. The largest absolute Gasteiger partial charge is 0.341 e. The molecular weight excluding hydrogens is 254 g/mol. The minimum Gasteiger partial charge on any atom is -0.341 e. The summed E-state index contributed by atoms with van der Waals surface area (Å²) in [5.74, 6) is 5.66. The van der Waals surface area contributed by atoms with E-state index in [0.29, 0.717) is 29.9 Å². The number of nitrogens with two attached hydrogens (primary N) is 1. The summed E-state index contributed by atoms with van der Waals surface area (Å²) < 4.78 is 0. The number of amides is 1. The van der Waals surface area contributed by atoms with E-state index in [1.807, 2.05) is 30.3 Å². The summed E-state index contributed by atoms with van der Waals surface area (Å²) in [6.07, 6.45) is 0.299. The number of hydrazine groups is 1. The van der Waals surface area contributed by atoms with Crippen LogP contribution in [0.3, 0.4) is 0 Å². The first-order valence-corrected chi connectivity index (χ1v) is 6.16. The topological polar surface area (TPSA) is 95.0 Å². The van der Waals surface area contributed by atoms with Crippen molar-refractivity contribution in [3.8, 4) is 6.07 Å². The molecule has 0 bridgehead atoms. The van der Waals surface area contributed by atoms with Gasteiger partial charge in [-0.1, -0.05) is 18.2 Å². The molecule has 0 atom stereocenters. The Balaban J connectivity index is 2.47. The van der Waals surface area contributed by atoms with Crippen molar-refractivity contribution in [3.63, 3.8) is 0 Å². The summed E-state index contributed by atoms with van der Waals surface area (Å²) in [5.41, 5.74) is 3.67. The van der Waals surface area contributed by atoms with Gasteiger partial charge in [-0.25, -0.2) is 10.8 Å². The van der Waals surface area contributed by atoms with Crippen LogP contribution in [0.15, 0.2) is 30.3 Å². The molecule has 0 saturated carbocycles. The van der Waals surface area contributed by atoms with E-state index < -0.39 is 0 Å². The Morgan fingerprint density at radius 3 is 2.95 bits per heavy atom. The van der Waals surface area contributed by atoms with Gasteiger partial charge in [-0.15, -0.1) is 0 Å². The van der Waals surface area contributed by atoms with Crippen LogP contribution in [0.1, 0.15) is 16.8 Å². The number of pyridine rings is 1. The molecule has 1 aromatic carbocycles. The first kappa shape index (κ1) is 13.8. The Morgan fingerprint density at radius 1 is 1.50 bits per heavy atom. The van der Waals surface area contributed by atoms with Crippen molar-refractivity contribution in [1.82, 2.24) is 9.88 Å². The van der Waals surface area contributed by atoms with E-state index in [1.165, 1.54) is 4.90 Å². The highest BCUT2D eigenvalue weighted by Crippen LogP contribution is 2.21. The minimum absolute atomic E-state index is 0.157. The number of nitrogen functional groups attached to an aromatic ring is 1. The second-order valence-corrected chi connectivity index (χ2v) is 4.35. The lowest BCUT2D eigenvalue weighted by Crippen LogP contribution is -2.28. The van der Waals surface area contributed by atoms with Crippen molar-refractivity contribution in [3.05, 3.63) is 35.9 Å². The van der Waals surface area contributed by atoms with E-state index in [0.717, 1.165) is 5.39 Å². The number of nitriles is 1. The molecule has 0 saturated heterocycles. The third kappa shape index (κ3) is 2.68. The number of hydrogen-bond donors (Lipinski definition) is 2. The fourth-order valence-corrected chi connectivity index (χ4v) is 1.95. The Labute approximate surface area is 116 Å². The van der Waals surface area contributed by atoms with E-state index in [9.17, 15) is 4.79 Å². The number of hydrogen-bond acceptors (Lipinski definition) is 5. The fraction of sp³-hybridized carbons (Fsp3) is 0.214. The van der Waals surface area contributed by atoms with Crippen molar-refractivity contribution in [1.29, 1.82) is 5.26 Å². The number of para-hydroxylation sites is 1. The van der Waals surface area contributed by atoms with Crippen LogP contribution in [-0.4, -0.2) is 29.4 Å². The summed E-state index contributed by atoms with van der Waals surface area (Å²) in [6.45, 7) is 0.386. The number of carbonyl (C=O) groups excluding carboxylic acids is 1. The number of nitrogens with one attached hydrogen (secondary N) is 1. The first-order valence-electron chi connectivity index (χ1n) is 6.16. The zero-order valence-corrected chi connectivity index (χ0v) is 11.1. The van der Waals surface area contributed by atoms with Crippen LogP contribution in [0, 0.1) is 11.3 Å². The van der Waals surface area contributed by atoms with Gasteiger partial charge in [0.2, 0.25) is 0 Å². The molecule has 0 aliphatic rings. The van der Waals surface area contributed by atoms with Gasteiger partial charge in [0.25, 0.3) is 5.91 Å². The molecule has 0 radical (unpaired) electrons. The third-order valence-electron chi connectivity index (χ3n) is 3.00. The van der Waals surface area contributed by atoms with E-state index in [-0.39, 0.29) is 5.91 Å². The molecule has 1 amide bonds. The maximum atomic E-state index is 12.5. The lowest BCUT2D eigenvalue weighted by molar-refractivity contribution is 0.0800. The van der Waals surface area contributed by atoms with Crippen molar-refractivity contribution in [2.45, 2.75) is 6.42 Å². The fourth-order valence-electron chi connectivity index (χ4n) is 1.95. The van der Waals surface area contributed by atoms with Crippen molar-refractivity contribution >= 4 is 22.6 Å². The van der Waals surface area contributed by atoms with Gasteiger partial charge < -0.3 is 10.3 Å². The SMILES string of the molecule is CN(CCC#N)C(=O)c1cc(NN)nc2ccccc12. The highest BCUT2D eigenvalue weighted by Gasteiger charge is 2.16. The number of benzene rings is 1. The number of nitrogens with zero attached hydrogens (tertiary/aromatic N) is 3.